The van der Waals surface area contributed by atoms with Crippen molar-refractivity contribution in [3.8, 4) is 5.69 Å². The molecule has 1 aliphatic rings. The Morgan fingerprint density at radius 3 is 2.64 bits per heavy atom. The molecule has 7 nitrogen and oxygen atoms in total. The van der Waals surface area contributed by atoms with Gasteiger partial charge < -0.3 is 10.0 Å². The van der Waals surface area contributed by atoms with Crippen molar-refractivity contribution in [1.82, 2.24) is 19.6 Å². The molecule has 0 fully saturated rings. The molecule has 0 radical (unpaired) electrons. The van der Waals surface area contributed by atoms with Gasteiger partial charge in [0.2, 0.25) is 5.91 Å². The highest BCUT2D eigenvalue weighted by Gasteiger charge is 2.27. The number of aromatic nitrogens is 4. The van der Waals surface area contributed by atoms with E-state index in [2.05, 4.69) is 10.2 Å². The second kappa shape index (κ2) is 6.87. The monoisotopic (exact) mass is 383 g/mol. The molecule has 8 heteroatoms. The highest BCUT2D eigenvalue weighted by atomic mass is 19.1. The van der Waals surface area contributed by atoms with E-state index < -0.39 is 5.60 Å². The van der Waals surface area contributed by atoms with Crippen LogP contribution in [0.25, 0.3) is 5.69 Å². The largest absolute Gasteiger partial charge is 0.386 e. The van der Waals surface area contributed by atoms with Crippen LogP contribution in [0.5, 0.6) is 0 Å². The van der Waals surface area contributed by atoms with Crippen LogP contribution in [0.3, 0.4) is 0 Å². The minimum absolute atomic E-state index is 0.0806. The van der Waals surface area contributed by atoms with Crippen LogP contribution >= 0.6 is 0 Å². The third-order valence-electron chi connectivity index (χ3n) is 4.94. The van der Waals surface area contributed by atoms with Crippen molar-refractivity contribution in [2.24, 2.45) is 0 Å². The van der Waals surface area contributed by atoms with E-state index in [1.54, 1.807) is 54.2 Å². The van der Waals surface area contributed by atoms with Crippen molar-refractivity contribution in [2.45, 2.75) is 38.8 Å². The summed E-state index contributed by atoms with van der Waals surface area (Å²) in [7, 11) is 0. The zero-order valence-corrected chi connectivity index (χ0v) is 15.8. The van der Waals surface area contributed by atoms with Gasteiger partial charge in [0.1, 0.15) is 12.4 Å². The minimum atomic E-state index is -1.00. The number of rotatable bonds is 4. The standard InChI is InChI=1S/C20H22FN5O2/c1-20(2,28)14-10-22-24(12-14)13-19(27)25-9-3-4-17-18(25)11-23-26(17)16-7-5-15(21)6-8-16/h5-8,10-12,28H,3-4,9,13H2,1-2H3. The first-order chi connectivity index (χ1) is 13.3. The second-order valence-corrected chi connectivity index (χ2v) is 7.50. The molecule has 0 aliphatic carbocycles. The first-order valence-corrected chi connectivity index (χ1v) is 9.21. The maximum atomic E-state index is 13.2. The molecule has 0 bridgehead atoms. The summed E-state index contributed by atoms with van der Waals surface area (Å²) in [6.45, 7) is 4.05. The quantitative estimate of drug-likeness (QED) is 0.751. The van der Waals surface area contributed by atoms with Gasteiger partial charge in [-0.2, -0.15) is 10.2 Å². The highest BCUT2D eigenvalue weighted by Crippen LogP contribution is 2.29. The maximum Gasteiger partial charge on any atom is 0.248 e. The van der Waals surface area contributed by atoms with Gasteiger partial charge in [0.25, 0.3) is 0 Å². The first kappa shape index (κ1) is 18.4. The molecule has 0 atom stereocenters. The van der Waals surface area contributed by atoms with E-state index in [1.165, 1.54) is 16.8 Å². The van der Waals surface area contributed by atoms with E-state index in [0.717, 1.165) is 29.9 Å². The molecular weight excluding hydrogens is 361 g/mol. The molecule has 0 saturated carbocycles. The number of hydrogen-bond acceptors (Lipinski definition) is 4. The van der Waals surface area contributed by atoms with Crippen molar-refractivity contribution in [3.63, 3.8) is 0 Å². The van der Waals surface area contributed by atoms with Gasteiger partial charge >= 0.3 is 0 Å². The van der Waals surface area contributed by atoms with Crippen LogP contribution in [0, 0.1) is 5.82 Å². The Bertz CT molecular complexity index is 1000. The van der Waals surface area contributed by atoms with Crippen LogP contribution in [-0.4, -0.2) is 37.1 Å². The Labute approximate surface area is 162 Å². The molecule has 1 amide bonds. The lowest BCUT2D eigenvalue weighted by atomic mass is 10.0. The fourth-order valence-electron chi connectivity index (χ4n) is 3.40. The molecule has 2 aromatic heterocycles. The minimum Gasteiger partial charge on any atom is -0.386 e. The van der Waals surface area contributed by atoms with Gasteiger partial charge in [-0.1, -0.05) is 0 Å². The predicted molar refractivity (Wildman–Crippen MR) is 102 cm³/mol. The summed E-state index contributed by atoms with van der Waals surface area (Å²) < 4.78 is 16.5. The van der Waals surface area contributed by atoms with Crippen molar-refractivity contribution in [2.75, 3.05) is 11.4 Å². The van der Waals surface area contributed by atoms with Crippen molar-refractivity contribution in [1.29, 1.82) is 0 Å². The molecule has 28 heavy (non-hydrogen) atoms. The number of amides is 1. The number of hydrogen-bond donors (Lipinski definition) is 1. The highest BCUT2D eigenvalue weighted by molar-refractivity contribution is 5.94. The second-order valence-electron chi connectivity index (χ2n) is 7.50. The van der Waals surface area contributed by atoms with E-state index in [-0.39, 0.29) is 18.3 Å². The zero-order chi connectivity index (χ0) is 19.9. The molecule has 1 aromatic carbocycles. The molecule has 1 N–H and O–H groups in total. The predicted octanol–water partition coefficient (Wildman–Crippen LogP) is 2.41. The van der Waals surface area contributed by atoms with E-state index >= 15 is 0 Å². The molecule has 0 unspecified atom stereocenters. The van der Waals surface area contributed by atoms with Crippen molar-refractivity contribution < 1.29 is 14.3 Å². The maximum absolute atomic E-state index is 13.2. The third kappa shape index (κ3) is 3.43. The summed E-state index contributed by atoms with van der Waals surface area (Å²) in [5.74, 6) is -0.392. The van der Waals surface area contributed by atoms with Crippen LogP contribution in [0.15, 0.2) is 42.9 Å². The Hall–Kier alpha value is -3.00. The molecule has 3 heterocycles. The van der Waals surface area contributed by atoms with Gasteiger partial charge in [-0.25, -0.2) is 9.07 Å². The smallest absolute Gasteiger partial charge is 0.248 e. The van der Waals surface area contributed by atoms with E-state index in [1.807, 2.05) is 0 Å². The molecule has 146 valence electrons. The number of nitrogens with zero attached hydrogens (tertiary/aromatic N) is 5. The number of aliphatic hydroxyl groups is 1. The number of benzene rings is 1. The van der Waals surface area contributed by atoms with Gasteiger partial charge in [0.15, 0.2) is 0 Å². The first-order valence-electron chi connectivity index (χ1n) is 9.21. The Morgan fingerprint density at radius 2 is 1.96 bits per heavy atom. The lowest BCUT2D eigenvalue weighted by Crippen LogP contribution is -2.37. The molecule has 4 rings (SSSR count). The van der Waals surface area contributed by atoms with Crippen molar-refractivity contribution >= 4 is 11.6 Å². The average molecular weight is 383 g/mol. The number of fused-ring (bicyclic) bond motifs is 1. The van der Waals surface area contributed by atoms with E-state index in [9.17, 15) is 14.3 Å². The SMILES string of the molecule is CC(C)(O)c1cnn(CC(=O)N2CCCc3c2cnn3-c2ccc(F)cc2)c1. The summed E-state index contributed by atoms with van der Waals surface area (Å²) in [6, 6.07) is 6.14. The van der Waals surface area contributed by atoms with Crippen LogP contribution in [0.2, 0.25) is 0 Å². The van der Waals surface area contributed by atoms with Gasteiger partial charge in [-0.05, 0) is 51.0 Å². The number of carbonyl (C=O) groups is 1. The lowest BCUT2D eigenvalue weighted by molar-refractivity contribution is -0.119. The molecule has 3 aromatic rings. The van der Waals surface area contributed by atoms with Crippen LogP contribution in [0.4, 0.5) is 10.1 Å². The van der Waals surface area contributed by atoms with Crippen molar-refractivity contribution in [3.05, 3.63) is 59.9 Å². The fraction of sp³-hybridized carbons (Fsp3) is 0.350. The Balaban J connectivity index is 1.57. The van der Waals surface area contributed by atoms with Crippen LogP contribution in [-0.2, 0) is 23.4 Å². The summed E-state index contributed by atoms with van der Waals surface area (Å²) in [5, 5.41) is 18.7. The van der Waals surface area contributed by atoms with Crippen LogP contribution in [0.1, 0.15) is 31.5 Å². The number of anilines is 1. The summed E-state index contributed by atoms with van der Waals surface area (Å²) in [4.78, 5) is 14.6. The van der Waals surface area contributed by atoms with Crippen LogP contribution < -0.4 is 4.90 Å². The lowest BCUT2D eigenvalue weighted by Gasteiger charge is -2.27. The topological polar surface area (TPSA) is 76.2 Å². The number of carbonyl (C=O) groups excluding carboxylic acids is 1. The third-order valence-corrected chi connectivity index (χ3v) is 4.94. The van der Waals surface area contributed by atoms with Gasteiger partial charge in [0, 0.05) is 18.3 Å². The van der Waals surface area contributed by atoms with Gasteiger partial charge in [-0.3, -0.25) is 9.48 Å². The molecule has 0 spiro atoms. The molecule has 0 saturated heterocycles. The summed E-state index contributed by atoms with van der Waals surface area (Å²) in [6.07, 6.45) is 6.55. The molecule has 1 aliphatic heterocycles. The van der Waals surface area contributed by atoms with Gasteiger partial charge in [0.05, 0.1) is 35.1 Å². The van der Waals surface area contributed by atoms with Gasteiger partial charge in [-0.15, -0.1) is 0 Å². The van der Waals surface area contributed by atoms with E-state index in [0.29, 0.717) is 12.1 Å². The molecular formula is C20H22FN5O2. The normalized spacial score (nSPS) is 14.2. The zero-order valence-electron chi connectivity index (χ0n) is 15.8. The fourth-order valence-corrected chi connectivity index (χ4v) is 3.40. The Kier molecular flexibility index (Phi) is 4.50. The summed E-state index contributed by atoms with van der Waals surface area (Å²) >= 11 is 0. The Morgan fingerprint density at radius 1 is 1.21 bits per heavy atom. The summed E-state index contributed by atoms with van der Waals surface area (Å²) in [5.41, 5.74) is 2.12. The van der Waals surface area contributed by atoms with E-state index in [4.69, 9.17) is 0 Å². The average Bonchev–Trinajstić information content (AvgIpc) is 3.29. The number of halogens is 1.